The Kier molecular flexibility index (Phi) is 5.82. The normalized spacial score (nSPS) is 11.2. The predicted octanol–water partition coefficient (Wildman–Crippen LogP) is 4.51. The SMILES string of the molecule is Cc1cc(C)nc(-n2nc(C)c(CC(=O)Nc3c(C)cccc3C(C)C)c2C)n1. The molecule has 6 heteroatoms. The van der Waals surface area contributed by atoms with E-state index < -0.39 is 0 Å². The number of benzene rings is 1. The quantitative estimate of drug-likeness (QED) is 0.694. The second-order valence-corrected chi connectivity index (χ2v) is 7.93. The van der Waals surface area contributed by atoms with E-state index in [0.29, 0.717) is 11.9 Å². The molecule has 3 aromatic rings. The minimum absolute atomic E-state index is 0.0479. The Hall–Kier alpha value is -3.02. The molecule has 0 aliphatic heterocycles. The van der Waals surface area contributed by atoms with Gasteiger partial charge in [0.1, 0.15) is 0 Å². The maximum Gasteiger partial charge on any atom is 0.251 e. The smallest absolute Gasteiger partial charge is 0.251 e. The van der Waals surface area contributed by atoms with Crippen molar-refractivity contribution >= 4 is 11.6 Å². The molecule has 0 spiro atoms. The third kappa shape index (κ3) is 4.36. The van der Waals surface area contributed by atoms with Crippen LogP contribution in [0.4, 0.5) is 5.69 Å². The van der Waals surface area contributed by atoms with Crippen molar-refractivity contribution in [1.29, 1.82) is 0 Å². The highest BCUT2D eigenvalue weighted by Crippen LogP contribution is 2.28. The molecule has 0 aliphatic carbocycles. The summed E-state index contributed by atoms with van der Waals surface area (Å²) in [5.41, 5.74) is 7.51. The number of aryl methyl sites for hydroxylation is 4. The number of rotatable bonds is 5. The third-order valence-corrected chi connectivity index (χ3v) is 5.13. The van der Waals surface area contributed by atoms with Crippen LogP contribution in [0.25, 0.3) is 5.95 Å². The van der Waals surface area contributed by atoms with Gasteiger partial charge >= 0.3 is 0 Å². The van der Waals surface area contributed by atoms with Crippen molar-refractivity contribution in [2.24, 2.45) is 0 Å². The molecule has 0 aliphatic rings. The Balaban J connectivity index is 1.88. The van der Waals surface area contributed by atoms with Crippen LogP contribution in [0.3, 0.4) is 0 Å². The fraction of sp³-hybridized carbons (Fsp3) is 0.391. The van der Waals surface area contributed by atoms with Gasteiger partial charge in [0.25, 0.3) is 5.95 Å². The second-order valence-electron chi connectivity index (χ2n) is 7.93. The lowest BCUT2D eigenvalue weighted by atomic mass is 9.98. The fourth-order valence-corrected chi connectivity index (χ4v) is 3.61. The maximum absolute atomic E-state index is 12.9. The molecule has 1 aromatic carbocycles. The number of carbonyl (C=O) groups is 1. The monoisotopic (exact) mass is 391 g/mol. The van der Waals surface area contributed by atoms with E-state index in [1.54, 1.807) is 4.68 Å². The largest absolute Gasteiger partial charge is 0.325 e. The van der Waals surface area contributed by atoms with Gasteiger partial charge < -0.3 is 5.32 Å². The summed E-state index contributed by atoms with van der Waals surface area (Å²) in [4.78, 5) is 21.9. The molecule has 0 fully saturated rings. The maximum atomic E-state index is 12.9. The van der Waals surface area contributed by atoms with Crippen molar-refractivity contribution in [3.8, 4) is 5.95 Å². The Bertz CT molecular complexity index is 1050. The zero-order chi connectivity index (χ0) is 21.3. The van der Waals surface area contributed by atoms with E-state index in [-0.39, 0.29) is 12.3 Å². The number of amides is 1. The molecule has 1 amide bonds. The Labute approximate surface area is 172 Å². The van der Waals surface area contributed by atoms with Gasteiger partial charge in [-0.15, -0.1) is 0 Å². The molecule has 3 rings (SSSR count). The summed E-state index contributed by atoms with van der Waals surface area (Å²) < 4.78 is 1.73. The minimum Gasteiger partial charge on any atom is -0.325 e. The lowest BCUT2D eigenvalue weighted by Crippen LogP contribution is -2.17. The molecule has 0 unspecified atom stereocenters. The van der Waals surface area contributed by atoms with Crippen molar-refractivity contribution in [3.05, 3.63) is 63.7 Å². The minimum atomic E-state index is -0.0479. The van der Waals surface area contributed by atoms with Crippen LogP contribution in [0.1, 0.15) is 59.2 Å². The number of nitrogens with one attached hydrogen (secondary N) is 1. The standard InChI is InChI=1S/C23H29N5O/c1-13(2)19-10-8-9-14(3)22(19)26-21(29)12-20-17(6)27-28(18(20)7)23-24-15(4)11-16(5)25-23/h8-11,13H,12H2,1-7H3,(H,26,29). The van der Waals surface area contributed by atoms with Gasteiger partial charge in [-0.2, -0.15) is 5.10 Å². The molecule has 0 saturated heterocycles. The molecule has 152 valence electrons. The highest BCUT2D eigenvalue weighted by atomic mass is 16.1. The van der Waals surface area contributed by atoms with Crippen LogP contribution < -0.4 is 5.32 Å². The first kappa shape index (κ1) is 20.7. The van der Waals surface area contributed by atoms with Crippen molar-refractivity contribution in [1.82, 2.24) is 19.7 Å². The fourth-order valence-electron chi connectivity index (χ4n) is 3.61. The summed E-state index contributed by atoms with van der Waals surface area (Å²) in [5, 5.41) is 7.72. The van der Waals surface area contributed by atoms with Crippen LogP contribution in [-0.4, -0.2) is 25.7 Å². The van der Waals surface area contributed by atoms with Crippen molar-refractivity contribution < 1.29 is 4.79 Å². The first-order chi connectivity index (χ1) is 13.7. The summed E-state index contributed by atoms with van der Waals surface area (Å²) in [6.07, 6.45) is 0.258. The highest BCUT2D eigenvalue weighted by molar-refractivity contribution is 5.94. The zero-order valence-corrected chi connectivity index (χ0v) is 18.3. The van der Waals surface area contributed by atoms with Crippen LogP contribution in [0, 0.1) is 34.6 Å². The average Bonchev–Trinajstić information content (AvgIpc) is 2.90. The van der Waals surface area contributed by atoms with E-state index >= 15 is 0 Å². The number of carbonyl (C=O) groups excluding carboxylic acids is 1. The van der Waals surface area contributed by atoms with Crippen LogP contribution in [0.2, 0.25) is 0 Å². The molecule has 0 bridgehead atoms. The first-order valence-corrected chi connectivity index (χ1v) is 9.94. The van der Waals surface area contributed by atoms with Gasteiger partial charge in [0, 0.05) is 28.3 Å². The van der Waals surface area contributed by atoms with Gasteiger partial charge in [0.2, 0.25) is 5.91 Å². The zero-order valence-electron chi connectivity index (χ0n) is 18.3. The molecule has 0 radical (unpaired) electrons. The van der Waals surface area contributed by atoms with E-state index in [1.807, 2.05) is 52.8 Å². The number of nitrogens with zero attached hydrogens (tertiary/aromatic N) is 4. The van der Waals surface area contributed by atoms with Crippen LogP contribution in [0.15, 0.2) is 24.3 Å². The number of hydrogen-bond donors (Lipinski definition) is 1. The number of para-hydroxylation sites is 1. The lowest BCUT2D eigenvalue weighted by Gasteiger charge is -2.16. The van der Waals surface area contributed by atoms with E-state index in [1.165, 1.54) is 0 Å². The predicted molar refractivity (Wildman–Crippen MR) is 116 cm³/mol. The Morgan fingerprint density at radius 2 is 1.72 bits per heavy atom. The Morgan fingerprint density at radius 1 is 1.07 bits per heavy atom. The lowest BCUT2D eigenvalue weighted by molar-refractivity contribution is -0.115. The molecule has 2 aromatic heterocycles. The molecular weight excluding hydrogens is 362 g/mol. The summed E-state index contributed by atoms with van der Waals surface area (Å²) >= 11 is 0. The van der Waals surface area contributed by atoms with Crippen molar-refractivity contribution in [2.45, 2.75) is 60.8 Å². The van der Waals surface area contributed by atoms with Gasteiger partial charge in [-0.05, 0) is 57.7 Å². The first-order valence-electron chi connectivity index (χ1n) is 9.94. The molecule has 1 N–H and O–H groups in total. The number of aromatic nitrogens is 4. The van der Waals surface area contributed by atoms with E-state index in [2.05, 4.69) is 40.3 Å². The van der Waals surface area contributed by atoms with E-state index in [9.17, 15) is 4.79 Å². The highest BCUT2D eigenvalue weighted by Gasteiger charge is 2.19. The summed E-state index contributed by atoms with van der Waals surface area (Å²) in [6.45, 7) is 14.0. The van der Waals surface area contributed by atoms with Crippen LogP contribution in [-0.2, 0) is 11.2 Å². The van der Waals surface area contributed by atoms with Crippen molar-refractivity contribution in [3.63, 3.8) is 0 Å². The third-order valence-electron chi connectivity index (χ3n) is 5.13. The summed E-state index contributed by atoms with van der Waals surface area (Å²) in [6, 6.07) is 8.05. The topological polar surface area (TPSA) is 72.7 Å². The van der Waals surface area contributed by atoms with Gasteiger partial charge in [-0.1, -0.05) is 32.0 Å². The summed E-state index contributed by atoms with van der Waals surface area (Å²) in [7, 11) is 0. The average molecular weight is 392 g/mol. The number of anilines is 1. The van der Waals surface area contributed by atoms with E-state index in [0.717, 1.165) is 45.2 Å². The van der Waals surface area contributed by atoms with Gasteiger partial charge in [-0.25, -0.2) is 14.6 Å². The molecule has 0 saturated carbocycles. The molecular formula is C23H29N5O. The van der Waals surface area contributed by atoms with Gasteiger partial charge in [0.05, 0.1) is 12.1 Å². The second kappa shape index (κ2) is 8.15. The number of hydrogen-bond acceptors (Lipinski definition) is 4. The van der Waals surface area contributed by atoms with Crippen LogP contribution >= 0.6 is 0 Å². The van der Waals surface area contributed by atoms with Gasteiger partial charge in [-0.3, -0.25) is 4.79 Å². The molecule has 2 heterocycles. The van der Waals surface area contributed by atoms with E-state index in [4.69, 9.17) is 0 Å². The van der Waals surface area contributed by atoms with Crippen molar-refractivity contribution in [2.75, 3.05) is 5.32 Å². The molecule has 29 heavy (non-hydrogen) atoms. The van der Waals surface area contributed by atoms with Gasteiger partial charge in [0.15, 0.2) is 0 Å². The Morgan fingerprint density at radius 3 is 2.34 bits per heavy atom. The molecule has 0 atom stereocenters. The molecule has 6 nitrogen and oxygen atoms in total. The summed E-state index contributed by atoms with van der Waals surface area (Å²) in [5.74, 6) is 0.821. The van der Waals surface area contributed by atoms with Crippen LogP contribution in [0.5, 0.6) is 0 Å².